The van der Waals surface area contributed by atoms with Crippen LogP contribution in [-0.4, -0.2) is 94.0 Å². The van der Waals surface area contributed by atoms with Crippen molar-refractivity contribution < 1.29 is 57.2 Å². The fourth-order valence-corrected chi connectivity index (χ4v) is 7.85. The van der Waals surface area contributed by atoms with E-state index < -0.39 is 67.7 Å². The van der Waals surface area contributed by atoms with E-state index in [9.17, 15) is 5.11 Å². The lowest BCUT2D eigenvalue weighted by molar-refractivity contribution is -0.392. The molecule has 0 amide bonds. The van der Waals surface area contributed by atoms with Gasteiger partial charge in [0.2, 0.25) is 0 Å². The predicted molar refractivity (Wildman–Crippen MR) is 223 cm³/mol. The number of hydrogen-bond donors (Lipinski definition) is 1. The molecule has 322 valence electrons. The molecule has 12 heteroatoms. The first-order chi connectivity index (χ1) is 30.1. The monoisotopic (exact) mass is 834 g/mol. The Balaban J connectivity index is 1.09. The number of aliphatic hydroxyl groups is 1. The average molecular weight is 835 g/mol. The van der Waals surface area contributed by atoms with Crippen LogP contribution in [0.1, 0.15) is 34.1 Å². The summed E-state index contributed by atoms with van der Waals surface area (Å²) in [5, 5.41) is 12.4. The average Bonchev–Trinajstić information content (AvgIpc) is 3.32. The first-order valence-corrected chi connectivity index (χ1v) is 20.7. The van der Waals surface area contributed by atoms with E-state index in [-0.39, 0.29) is 33.0 Å². The van der Waals surface area contributed by atoms with Gasteiger partial charge in [-0.15, -0.1) is 0 Å². The molecular formula is C49H54O12. The van der Waals surface area contributed by atoms with Gasteiger partial charge in [-0.1, -0.05) is 133 Å². The smallest absolute Gasteiger partial charge is 0.187 e. The van der Waals surface area contributed by atoms with Gasteiger partial charge in [0.05, 0.1) is 46.8 Å². The predicted octanol–water partition coefficient (Wildman–Crippen LogP) is 6.92. The number of fused-ring (bicyclic) bond motifs is 1. The Morgan fingerprint density at radius 2 is 1.08 bits per heavy atom. The summed E-state index contributed by atoms with van der Waals surface area (Å²) < 4.78 is 70.7. The molecule has 5 aromatic carbocycles. The fraction of sp³-hybridized carbons (Fsp3) is 0.388. The molecule has 3 aliphatic heterocycles. The van der Waals surface area contributed by atoms with Crippen LogP contribution in [0.3, 0.4) is 0 Å². The Kier molecular flexibility index (Phi) is 15.2. The highest BCUT2D eigenvalue weighted by Crippen LogP contribution is 2.38. The summed E-state index contributed by atoms with van der Waals surface area (Å²) in [5.41, 5.74) is 4.64. The molecule has 5 aromatic rings. The van der Waals surface area contributed by atoms with E-state index in [4.69, 9.17) is 52.1 Å². The Bertz CT molecular complexity index is 2010. The summed E-state index contributed by atoms with van der Waals surface area (Å²) in [4.78, 5) is 0. The summed E-state index contributed by atoms with van der Waals surface area (Å²) in [5.74, 6) is 0.727. The number of hydrogen-bond acceptors (Lipinski definition) is 12. The second-order valence-corrected chi connectivity index (χ2v) is 15.2. The van der Waals surface area contributed by atoms with Crippen molar-refractivity contribution in [3.63, 3.8) is 0 Å². The zero-order chi connectivity index (χ0) is 41.8. The zero-order valence-electron chi connectivity index (χ0n) is 34.4. The SMILES string of the molecule is COc1ccc(CO[C@@H]2[C@@H](O)[C@H](O[C@@H]3[C@H](OCc4ccccc4)[C@@H](OCc4ccccc4)[C@H](OC)O[C@@H]3COCc3ccccc3)O[C@@H]3CO[C@@H](c4ccccc4)O[C@@H]23)cc1. The molecule has 3 heterocycles. The van der Waals surface area contributed by atoms with Gasteiger partial charge in [0.15, 0.2) is 18.9 Å². The van der Waals surface area contributed by atoms with Gasteiger partial charge in [-0.25, -0.2) is 0 Å². The maximum Gasteiger partial charge on any atom is 0.187 e. The molecule has 11 atom stereocenters. The molecule has 0 aromatic heterocycles. The minimum absolute atomic E-state index is 0.104. The number of ether oxygens (including phenoxy) is 11. The Morgan fingerprint density at radius 1 is 0.541 bits per heavy atom. The molecule has 61 heavy (non-hydrogen) atoms. The van der Waals surface area contributed by atoms with E-state index in [1.165, 1.54) is 0 Å². The van der Waals surface area contributed by atoms with Gasteiger partial charge in [0.25, 0.3) is 0 Å². The molecule has 3 aliphatic rings. The van der Waals surface area contributed by atoms with Crippen molar-refractivity contribution in [3.05, 3.63) is 173 Å². The van der Waals surface area contributed by atoms with Crippen LogP contribution in [0.4, 0.5) is 0 Å². The molecule has 0 aliphatic carbocycles. The maximum atomic E-state index is 12.4. The van der Waals surface area contributed by atoms with E-state index in [1.807, 2.05) is 146 Å². The molecule has 0 unspecified atom stereocenters. The van der Waals surface area contributed by atoms with Crippen molar-refractivity contribution in [1.29, 1.82) is 0 Å². The summed E-state index contributed by atoms with van der Waals surface area (Å²) in [6.45, 7) is 1.27. The standard InChI is InChI=1S/C49H54O12/c1-51-38-25-23-36(24-26-38)30-54-44-41(50)48(58-40-32-57-47(60-42(40)44)37-21-13-6-14-22-37)61-43-39(31-53-27-33-15-7-3-8-16-33)59-49(52-2)46(56-29-35-19-11-5-12-20-35)45(43)55-28-34-17-9-4-10-18-34/h3-26,39-50H,27-32H2,1-2H3/t39-,40-,41-,42-,43+,44-,45+,46-,47-,48+,49-/m1/s1. The topological polar surface area (TPSA) is 122 Å². The quantitative estimate of drug-likeness (QED) is 0.0987. The van der Waals surface area contributed by atoms with Gasteiger partial charge in [0, 0.05) is 12.7 Å². The highest BCUT2D eigenvalue weighted by Gasteiger charge is 2.55. The molecule has 3 saturated heterocycles. The van der Waals surface area contributed by atoms with Crippen molar-refractivity contribution in [2.24, 2.45) is 0 Å². The highest BCUT2D eigenvalue weighted by atomic mass is 16.8. The van der Waals surface area contributed by atoms with Crippen molar-refractivity contribution in [2.75, 3.05) is 27.4 Å². The highest BCUT2D eigenvalue weighted by molar-refractivity contribution is 5.27. The third-order valence-corrected chi connectivity index (χ3v) is 11.1. The molecule has 1 N–H and O–H groups in total. The second kappa shape index (κ2) is 21.5. The lowest BCUT2D eigenvalue weighted by Gasteiger charge is -2.50. The zero-order valence-corrected chi connectivity index (χ0v) is 34.4. The van der Waals surface area contributed by atoms with Gasteiger partial charge < -0.3 is 57.2 Å². The summed E-state index contributed by atoms with van der Waals surface area (Å²) in [6.07, 6.45) is -9.56. The molecule has 12 nitrogen and oxygen atoms in total. The Morgan fingerprint density at radius 3 is 1.67 bits per heavy atom. The number of benzene rings is 5. The normalized spacial score (nSPS) is 28.8. The lowest BCUT2D eigenvalue weighted by Crippen LogP contribution is -2.66. The van der Waals surface area contributed by atoms with Crippen LogP contribution in [0.5, 0.6) is 5.75 Å². The minimum atomic E-state index is -1.32. The van der Waals surface area contributed by atoms with Gasteiger partial charge in [-0.3, -0.25) is 0 Å². The molecule has 0 saturated carbocycles. The summed E-state index contributed by atoms with van der Waals surface area (Å²) in [6, 6.07) is 46.9. The fourth-order valence-electron chi connectivity index (χ4n) is 7.85. The summed E-state index contributed by atoms with van der Waals surface area (Å²) in [7, 11) is 3.20. The molecular weight excluding hydrogens is 781 g/mol. The van der Waals surface area contributed by atoms with Crippen LogP contribution in [-0.2, 0) is 73.8 Å². The summed E-state index contributed by atoms with van der Waals surface area (Å²) >= 11 is 0. The van der Waals surface area contributed by atoms with E-state index >= 15 is 0 Å². The van der Waals surface area contributed by atoms with Gasteiger partial charge in [0.1, 0.15) is 54.6 Å². The van der Waals surface area contributed by atoms with Crippen molar-refractivity contribution in [1.82, 2.24) is 0 Å². The molecule has 0 spiro atoms. The second-order valence-electron chi connectivity index (χ2n) is 15.2. The number of rotatable bonds is 18. The van der Waals surface area contributed by atoms with E-state index in [2.05, 4.69) is 0 Å². The third-order valence-electron chi connectivity index (χ3n) is 11.1. The number of methoxy groups -OCH3 is 2. The lowest BCUT2D eigenvalue weighted by atomic mass is 9.95. The third kappa shape index (κ3) is 11.1. The van der Waals surface area contributed by atoms with Crippen LogP contribution in [0.15, 0.2) is 146 Å². The van der Waals surface area contributed by atoms with Crippen LogP contribution < -0.4 is 4.74 Å². The Labute approximate surface area is 357 Å². The van der Waals surface area contributed by atoms with E-state index in [0.717, 1.165) is 33.6 Å². The molecule has 0 radical (unpaired) electrons. The first kappa shape index (κ1) is 43.1. The van der Waals surface area contributed by atoms with Gasteiger partial charge in [-0.2, -0.15) is 0 Å². The van der Waals surface area contributed by atoms with Crippen LogP contribution in [0.2, 0.25) is 0 Å². The maximum absolute atomic E-state index is 12.4. The van der Waals surface area contributed by atoms with Crippen molar-refractivity contribution in [3.8, 4) is 5.75 Å². The molecule has 8 rings (SSSR count). The minimum Gasteiger partial charge on any atom is -0.497 e. The molecule has 3 fully saturated rings. The van der Waals surface area contributed by atoms with E-state index in [1.54, 1.807) is 14.2 Å². The van der Waals surface area contributed by atoms with Crippen molar-refractivity contribution in [2.45, 2.75) is 94.1 Å². The van der Waals surface area contributed by atoms with Crippen LogP contribution >= 0.6 is 0 Å². The van der Waals surface area contributed by atoms with Crippen LogP contribution in [0.25, 0.3) is 0 Å². The largest absolute Gasteiger partial charge is 0.497 e. The molecule has 0 bridgehead atoms. The van der Waals surface area contributed by atoms with Gasteiger partial charge in [-0.05, 0) is 34.4 Å². The van der Waals surface area contributed by atoms with Crippen molar-refractivity contribution >= 4 is 0 Å². The number of aliphatic hydroxyl groups excluding tert-OH is 1. The van der Waals surface area contributed by atoms with Crippen LogP contribution in [0, 0.1) is 0 Å². The first-order valence-electron chi connectivity index (χ1n) is 20.7. The Hall–Kier alpha value is -4.54. The van der Waals surface area contributed by atoms with E-state index in [0.29, 0.717) is 6.61 Å². The van der Waals surface area contributed by atoms with Gasteiger partial charge >= 0.3 is 0 Å².